The highest BCUT2D eigenvalue weighted by Crippen LogP contribution is 2.51. The Balaban J connectivity index is 0.00000144. The largest absolute Gasteiger partial charge is 0.480 e. The van der Waals surface area contributed by atoms with Crippen LogP contribution in [-0.4, -0.2) is 36.2 Å². The molecule has 3 N–H and O–H groups in total. The Morgan fingerprint density at radius 3 is 2.08 bits per heavy atom. The molecule has 0 radical (unpaired) electrons. The normalized spacial score (nSPS) is 26.2. The molecule has 0 aromatic heterocycles. The monoisotopic (exact) mass is 380 g/mol. The second kappa shape index (κ2) is 10.2. The van der Waals surface area contributed by atoms with Crippen molar-refractivity contribution in [2.24, 2.45) is 11.3 Å². The van der Waals surface area contributed by atoms with Crippen molar-refractivity contribution < 1.29 is 9.90 Å². The van der Waals surface area contributed by atoms with E-state index in [0.717, 1.165) is 38.8 Å². The lowest BCUT2D eigenvalue weighted by molar-refractivity contribution is -0.146. The molecular formula is C18H34Cl2N2O2. The average Bonchev–Trinajstić information content (AvgIpc) is 3.09. The van der Waals surface area contributed by atoms with Crippen LogP contribution in [0.4, 0.5) is 0 Å². The van der Waals surface area contributed by atoms with Gasteiger partial charge in [0.05, 0.1) is 0 Å². The molecule has 0 unspecified atom stereocenters. The molecule has 1 atom stereocenters. The van der Waals surface area contributed by atoms with Crippen molar-refractivity contribution in [3.63, 3.8) is 0 Å². The fourth-order valence-electron chi connectivity index (χ4n) is 5.35. The van der Waals surface area contributed by atoms with Gasteiger partial charge < -0.3 is 15.7 Å². The molecule has 0 aromatic rings. The van der Waals surface area contributed by atoms with Crippen molar-refractivity contribution >= 4 is 30.8 Å². The van der Waals surface area contributed by atoms with E-state index in [1.54, 1.807) is 0 Å². The molecule has 3 aliphatic rings. The summed E-state index contributed by atoms with van der Waals surface area (Å²) in [5.41, 5.74) is 0.0193. The molecule has 0 bridgehead atoms. The first kappa shape index (κ1) is 22.0. The van der Waals surface area contributed by atoms with Gasteiger partial charge in [0.15, 0.2) is 0 Å². The minimum atomic E-state index is -0.604. The number of aliphatic carboxylic acids is 1. The van der Waals surface area contributed by atoms with E-state index in [1.165, 1.54) is 44.9 Å². The van der Waals surface area contributed by atoms with Crippen molar-refractivity contribution in [1.29, 1.82) is 0 Å². The lowest BCUT2D eigenvalue weighted by Crippen LogP contribution is -2.58. The highest BCUT2D eigenvalue weighted by Gasteiger charge is 2.50. The number of halogens is 2. The molecule has 0 aromatic carbocycles. The molecule has 3 fully saturated rings. The van der Waals surface area contributed by atoms with Crippen LogP contribution < -0.4 is 10.6 Å². The van der Waals surface area contributed by atoms with Gasteiger partial charge in [0.25, 0.3) is 0 Å². The Morgan fingerprint density at radius 1 is 0.958 bits per heavy atom. The molecule has 24 heavy (non-hydrogen) atoms. The predicted octanol–water partition coefficient (Wildman–Crippen LogP) is 3.77. The van der Waals surface area contributed by atoms with Crippen LogP contribution in [0.1, 0.15) is 70.6 Å². The number of piperidine rings is 1. The van der Waals surface area contributed by atoms with Gasteiger partial charge in [0, 0.05) is 6.04 Å². The summed E-state index contributed by atoms with van der Waals surface area (Å²) >= 11 is 0. The first-order valence-electron chi connectivity index (χ1n) is 9.42. The van der Waals surface area contributed by atoms with E-state index in [9.17, 15) is 9.90 Å². The van der Waals surface area contributed by atoms with E-state index < -0.39 is 5.97 Å². The maximum absolute atomic E-state index is 12.2. The molecular weight excluding hydrogens is 347 g/mol. The summed E-state index contributed by atoms with van der Waals surface area (Å²) in [6, 6.07) is 0.0431. The van der Waals surface area contributed by atoms with Crippen LogP contribution in [0, 0.1) is 11.3 Å². The summed E-state index contributed by atoms with van der Waals surface area (Å²) in [5.74, 6) is 0.0236. The average molecular weight is 381 g/mol. The molecule has 0 amide bonds. The molecule has 2 aliphatic carbocycles. The van der Waals surface area contributed by atoms with Gasteiger partial charge in [-0.3, -0.25) is 4.79 Å². The smallest absolute Gasteiger partial charge is 0.321 e. The number of carboxylic acid groups (broad SMARTS) is 1. The van der Waals surface area contributed by atoms with Crippen molar-refractivity contribution in [1.82, 2.24) is 10.6 Å². The third kappa shape index (κ3) is 4.78. The van der Waals surface area contributed by atoms with E-state index in [4.69, 9.17) is 0 Å². The zero-order valence-electron chi connectivity index (χ0n) is 14.6. The highest BCUT2D eigenvalue weighted by atomic mass is 35.5. The number of nitrogens with one attached hydrogen (secondary N) is 2. The van der Waals surface area contributed by atoms with E-state index in [2.05, 4.69) is 10.6 Å². The molecule has 2 saturated carbocycles. The lowest BCUT2D eigenvalue weighted by Gasteiger charge is -2.48. The second-order valence-corrected chi connectivity index (χ2v) is 7.74. The van der Waals surface area contributed by atoms with E-state index in [0.29, 0.717) is 12.0 Å². The number of rotatable bonds is 5. The fourth-order valence-corrected chi connectivity index (χ4v) is 5.35. The summed E-state index contributed by atoms with van der Waals surface area (Å²) in [7, 11) is 0. The van der Waals surface area contributed by atoms with Gasteiger partial charge >= 0.3 is 5.97 Å². The fraction of sp³-hybridized carbons (Fsp3) is 0.944. The van der Waals surface area contributed by atoms with Gasteiger partial charge in [-0.25, -0.2) is 0 Å². The first-order valence-corrected chi connectivity index (χ1v) is 9.42. The minimum Gasteiger partial charge on any atom is -0.480 e. The van der Waals surface area contributed by atoms with Gasteiger partial charge in [0.2, 0.25) is 0 Å². The summed E-state index contributed by atoms with van der Waals surface area (Å²) in [6.07, 6.45) is 13.2. The first-order chi connectivity index (χ1) is 10.7. The van der Waals surface area contributed by atoms with Crippen LogP contribution in [0.3, 0.4) is 0 Å². The summed E-state index contributed by atoms with van der Waals surface area (Å²) < 4.78 is 0. The quantitative estimate of drug-likeness (QED) is 0.679. The Bertz CT molecular complexity index is 377. The molecule has 1 aliphatic heterocycles. The van der Waals surface area contributed by atoms with Gasteiger partial charge in [0.1, 0.15) is 6.04 Å². The second-order valence-electron chi connectivity index (χ2n) is 7.74. The molecule has 142 valence electrons. The van der Waals surface area contributed by atoms with E-state index in [1.807, 2.05) is 0 Å². The van der Waals surface area contributed by atoms with Gasteiger partial charge in [-0.1, -0.05) is 32.1 Å². The minimum absolute atomic E-state index is 0. The Morgan fingerprint density at radius 2 is 1.54 bits per heavy atom. The van der Waals surface area contributed by atoms with Crippen LogP contribution in [-0.2, 0) is 4.79 Å². The van der Waals surface area contributed by atoms with Crippen LogP contribution >= 0.6 is 24.8 Å². The maximum Gasteiger partial charge on any atom is 0.321 e. The van der Waals surface area contributed by atoms with Gasteiger partial charge in [-0.05, 0) is 62.9 Å². The zero-order valence-corrected chi connectivity index (χ0v) is 16.2. The van der Waals surface area contributed by atoms with Crippen molar-refractivity contribution in [2.45, 2.75) is 82.7 Å². The lowest BCUT2D eigenvalue weighted by atomic mass is 9.60. The predicted molar refractivity (Wildman–Crippen MR) is 102 cm³/mol. The number of carboxylic acids is 1. The molecule has 0 spiro atoms. The third-order valence-electron chi connectivity index (χ3n) is 6.52. The maximum atomic E-state index is 12.2. The summed E-state index contributed by atoms with van der Waals surface area (Å²) in [4.78, 5) is 12.2. The standard InChI is InChI=1S/C18H32N2O2.2ClH/c21-17(22)16(20-15-8-12-19-13-9-15)18(10-4-1-5-11-18)14-6-2-3-7-14;;/h14-16,19-20H,1-13H2,(H,21,22);2*1H/t16-;;/m1../s1. The van der Waals surface area contributed by atoms with Gasteiger partial charge in [-0.2, -0.15) is 0 Å². The zero-order chi connectivity index (χ0) is 15.4. The molecule has 1 heterocycles. The summed E-state index contributed by atoms with van der Waals surface area (Å²) in [5, 5.41) is 17.0. The Labute approximate surface area is 158 Å². The SMILES string of the molecule is Cl.Cl.O=C(O)[C@@H](NC1CCNCC1)C1(C2CCCC2)CCCCC1. The number of hydrogen-bond acceptors (Lipinski definition) is 3. The van der Waals surface area contributed by atoms with E-state index in [-0.39, 0.29) is 36.3 Å². The molecule has 3 rings (SSSR count). The topological polar surface area (TPSA) is 61.4 Å². The number of carbonyl (C=O) groups is 1. The van der Waals surface area contributed by atoms with Crippen LogP contribution in [0.2, 0.25) is 0 Å². The van der Waals surface area contributed by atoms with Crippen molar-refractivity contribution in [3.05, 3.63) is 0 Å². The molecule has 1 saturated heterocycles. The van der Waals surface area contributed by atoms with Gasteiger partial charge in [-0.15, -0.1) is 24.8 Å². The third-order valence-corrected chi connectivity index (χ3v) is 6.52. The van der Waals surface area contributed by atoms with Crippen LogP contribution in [0.25, 0.3) is 0 Å². The Kier molecular flexibility index (Phi) is 9.35. The van der Waals surface area contributed by atoms with Crippen LogP contribution in [0.5, 0.6) is 0 Å². The van der Waals surface area contributed by atoms with Crippen molar-refractivity contribution in [3.8, 4) is 0 Å². The molecule has 6 heteroatoms. The molecule has 4 nitrogen and oxygen atoms in total. The highest BCUT2D eigenvalue weighted by molar-refractivity contribution is 5.85. The van der Waals surface area contributed by atoms with Crippen molar-refractivity contribution in [2.75, 3.05) is 13.1 Å². The summed E-state index contributed by atoms with van der Waals surface area (Å²) in [6.45, 7) is 2.03. The number of hydrogen-bond donors (Lipinski definition) is 3. The van der Waals surface area contributed by atoms with Crippen LogP contribution in [0.15, 0.2) is 0 Å². The van der Waals surface area contributed by atoms with E-state index >= 15 is 0 Å². The Hall–Kier alpha value is -0.0300.